The van der Waals surface area contributed by atoms with Gasteiger partial charge in [-0.05, 0) is 36.4 Å². The molecule has 0 fully saturated rings. The number of hydrogen-bond donors (Lipinski definition) is 2. The molecule has 0 aliphatic heterocycles. The van der Waals surface area contributed by atoms with Crippen LogP contribution in [0.25, 0.3) is 0 Å². The first-order chi connectivity index (χ1) is 11.3. The van der Waals surface area contributed by atoms with Crippen molar-refractivity contribution in [3.05, 3.63) is 58.6 Å². The molecule has 128 valence electrons. The monoisotopic (exact) mass is 428 g/mol. The molecule has 2 aromatic rings. The number of carbonyl (C=O) groups is 1. The van der Waals surface area contributed by atoms with Crippen LogP contribution >= 0.6 is 27.7 Å². The Hall–Kier alpha value is -1.51. The lowest BCUT2D eigenvalue weighted by atomic mass is 10.2. The molecule has 2 N–H and O–H groups in total. The molecule has 0 aliphatic carbocycles. The van der Waals surface area contributed by atoms with Crippen LogP contribution in [0, 0.1) is 0 Å². The van der Waals surface area contributed by atoms with Crippen LogP contribution < -0.4 is 10.0 Å². The Labute approximate surface area is 154 Å². The Morgan fingerprint density at radius 2 is 1.79 bits per heavy atom. The predicted octanol–water partition coefficient (Wildman–Crippen LogP) is 3.34. The number of benzene rings is 2. The van der Waals surface area contributed by atoms with Crippen LogP contribution in [-0.2, 0) is 10.0 Å². The molecule has 0 aliphatic rings. The fourth-order valence-electron chi connectivity index (χ4n) is 1.93. The van der Waals surface area contributed by atoms with Gasteiger partial charge < -0.3 is 5.32 Å². The number of rotatable bonds is 7. The Balaban J connectivity index is 1.90. The number of carbonyl (C=O) groups excluding carboxylic acids is 1. The van der Waals surface area contributed by atoms with Gasteiger partial charge in [0.25, 0.3) is 5.91 Å². The summed E-state index contributed by atoms with van der Waals surface area (Å²) in [5.74, 6) is 0.410. The van der Waals surface area contributed by atoms with E-state index in [0.717, 1.165) is 21.4 Å². The molecule has 0 unspecified atom stereocenters. The van der Waals surface area contributed by atoms with Gasteiger partial charge in [0, 0.05) is 21.7 Å². The summed E-state index contributed by atoms with van der Waals surface area (Å²) < 4.78 is 26.1. The van der Waals surface area contributed by atoms with Gasteiger partial charge in [-0.3, -0.25) is 9.52 Å². The standard InChI is InChI=1S/C16H17BrN2O3S2/c1-24(21,22)19-15-5-3-2-4-14(15)16(20)18-10-11-23-13-8-6-12(17)7-9-13/h2-9,19H,10-11H2,1H3,(H,18,20). The van der Waals surface area contributed by atoms with Crippen LogP contribution in [0.3, 0.4) is 0 Å². The molecule has 24 heavy (non-hydrogen) atoms. The van der Waals surface area contributed by atoms with Crippen molar-refractivity contribution in [1.82, 2.24) is 5.32 Å². The van der Waals surface area contributed by atoms with Crippen LogP contribution in [0.1, 0.15) is 10.4 Å². The van der Waals surface area contributed by atoms with Crippen molar-refractivity contribution in [2.75, 3.05) is 23.3 Å². The molecule has 0 atom stereocenters. The smallest absolute Gasteiger partial charge is 0.253 e. The fourth-order valence-corrected chi connectivity index (χ4v) is 3.54. The number of nitrogens with one attached hydrogen (secondary N) is 2. The Morgan fingerprint density at radius 1 is 1.12 bits per heavy atom. The van der Waals surface area contributed by atoms with Gasteiger partial charge in [0.15, 0.2) is 0 Å². The summed E-state index contributed by atoms with van der Waals surface area (Å²) in [5, 5.41) is 2.80. The minimum atomic E-state index is -3.44. The molecular formula is C16H17BrN2O3S2. The van der Waals surface area contributed by atoms with E-state index in [2.05, 4.69) is 26.0 Å². The maximum absolute atomic E-state index is 12.2. The molecule has 1 amide bonds. The van der Waals surface area contributed by atoms with Gasteiger partial charge in [-0.25, -0.2) is 8.42 Å². The van der Waals surface area contributed by atoms with E-state index >= 15 is 0 Å². The van der Waals surface area contributed by atoms with Crippen molar-refractivity contribution in [3.63, 3.8) is 0 Å². The van der Waals surface area contributed by atoms with Gasteiger partial charge in [-0.15, -0.1) is 11.8 Å². The number of para-hydroxylation sites is 1. The summed E-state index contributed by atoms with van der Waals surface area (Å²) in [7, 11) is -3.44. The maximum atomic E-state index is 12.2. The molecule has 5 nitrogen and oxygen atoms in total. The molecule has 0 spiro atoms. The average molecular weight is 429 g/mol. The summed E-state index contributed by atoms with van der Waals surface area (Å²) >= 11 is 5.02. The van der Waals surface area contributed by atoms with Gasteiger partial charge >= 0.3 is 0 Å². The second kappa shape index (κ2) is 8.55. The summed E-state index contributed by atoms with van der Waals surface area (Å²) in [6.07, 6.45) is 1.05. The summed E-state index contributed by atoms with van der Waals surface area (Å²) in [4.78, 5) is 13.4. The lowest BCUT2D eigenvalue weighted by molar-refractivity contribution is 0.0957. The summed E-state index contributed by atoms with van der Waals surface area (Å²) in [6.45, 7) is 0.479. The fraction of sp³-hybridized carbons (Fsp3) is 0.188. The van der Waals surface area contributed by atoms with Crippen molar-refractivity contribution in [1.29, 1.82) is 0 Å². The van der Waals surface area contributed by atoms with Crippen molar-refractivity contribution >= 4 is 49.3 Å². The predicted molar refractivity (Wildman–Crippen MR) is 102 cm³/mol. The first-order valence-corrected chi connectivity index (χ1v) is 10.8. The van der Waals surface area contributed by atoms with E-state index in [1.807, 2.05) is 24.3 Å². The molecule has 2 rings (SSSR count). The number of anilines is 1. The molecule has 0 saturated carbocycles. The Kier molecular flexibility index (Phi) is 6.70. The highest BCUT2D eigenvalue weighted by molar-refractivity contribution is 9.10. The number of amides is 1. The van der Waals surface area contributed by atoms with Crippen LogP contribution in [0.4, 0.5) is 5.69 Å². The van der Waals surface area contributed by atoms with E-state index < -0.39 is 10.0 Å². The van der Waals surface area contributed by atoms with Gasteiger partial charge in [0.1, 0.15) is 0 Å². The first kappa shape index (κ1) is 18.8. The molecule has 0 heterocycles. The second-order valence-corrected chi connectivity index (χ2v) is 8.81. The molecule has 0 radical (unpaired) electrons. The van der Waals surface area contributed by atoms with E-state index in [1.54, 1.807) is 36.0 Å². The minimum Gasteiger partial charge on any atom is -0.351 e. The van der Waals surface area contributed by atoms with Gasteiger partial charge in [0.2, 0.25) is 10.0 Å². The third-order valence-corrected chi connectivity index (χ3v) is 5.07. The zero-order valence-corrected chi connectivity index (χ0v) is 16.2. The lowest BCUT2D eigenvalue weighted by Crippen LogP contribution is -2.27. The molecule has 0 bridgehead atoms. The third-order valence-electron chi connectivity index (χ3n) is 2.94. The van der Waals surface area contributed by atoms with E-state index in [4.69, 9.17) is 0 Å². The zero-order valence-electron chi connectivity index (χ0n) is 13.0. The minimum absolute atomic E-state index is 0.276. The van der Waals surface area contributed by atoms with Crippen molar-refractivity contribution in [2.45, 2.75) is 4.90 Å². The maximum Gasteiger partial charge on any atom is 0.253 e. The molecule has 2 aromatic carbocycles. The van der Waals surface area contributed by atoms with E-state index in [-0.39, 0.29) is 11.6 Å². The van der Waals surface area contributed by atoms with Crippen LogP contribution in [0.15, 0.2) is 57.9 Å². The highest BCUT2D eigenvalue weighted by Crippen LogP contribution is 2.20. The SMILES string of the molecule is CS(=O)(=O)Nc1ccccc1C(=O)NCCSc1ccc(Br)cc1. The summed E-state index contributed by atoms with van der Waals surface area (Å²) in [6, 6.07) is 14.5. The molecular weight excluding hydrogens is 412 g/mol. The highest BCUT2D eigenvalue weighted by Gasteiger charge is 2.13. The van der Waals surface area contributed by atoms with Crippen molar-refractivity contribution in [3.8, 4) is 0 Å². The summed E-state index contributed by atoms with van der Waals surface area (Å²) in [5.41, 5.74) is 0.578. The van der Waals surface area contributed by atoms with Crippen LogP contribution in [-0.4, -0.2) is 32.9 Å². The van der Waals surface area contributed by atoms with Crippen LogP contribution in [0.2, 0.25) is 0 Å². The number of sulfonamides is 1. The van der Waals surface area contributed by atoms with E-state index in [1.165, 1.54) is 0 Å². The Bertz CT molecular complexity index is 808. The second-order valence-electron chi connectivity index (χ2n) is 4.98. The largest absolute Gasteiger partial charge is 0.351 e. The number of thioether (sulfide) groups is 1. The highest BCUT2D eigenvalue weighted by atomic mass is 79.9. The zero-order chi connectivity index (χ0) is 17.6. The Morgan fingerprint density at radius 3 is 2.46 bits per heavy atom. The quantitative estimate of drug-likeness (QED) is 0.523. The molecule has 0 saturated heterocycles. The van der Waals surface area contributed by atoms with Gasteiger partial charge in [-0.1, -0.05) is 28.1 Å². The van der Waals surface area contributed by atoms with E-state index in [0.29, 0.717) is 12.1 Å². The topological polar surface area (TPSA) is 75.3 Å². The lowest BCUT2D eigenvalue weighted by Gasteiger charge is -2.11. The van der Waals surface area contributed by atoms with Crippen molar-refractivity contribution < 1.29 is 13.2 Å². The van der Waals surface area contributed by atoms with Gasteiger partial charge in [-0.2, -0.15) is 0 Å². The molecule has 0 aromatic heterocycles. The number of halogens is 1. The normalized spacial score (nSPS) is 11.1. The number of hydrogen-bond acceptors (Lipinski definition) is 4. The van der Waals surface area contributed by atoms with Gasteiger partial charge in [0.05, 0.1) is 17.5 Å². The van der Waals surface area contributed by atoms with Crippen molar-refractivity contribution in [2.24, 2.45) is 0 Å². The average Bonchev–Trinajstić information content (AvgIpc) is 2.52. The first-order valence-electron chi connectivity index (χ1n) is 7.08. The molecule has 8 heteroatoms. The van der Waals surface area contributed by atoms with Crippen LogP contribution in [0.5, 0.6) is 0 Å². The third kappa shape index (κ3) is 6.18. The van der Waals surface area contributed by atoms with E-state index in [9.17, 15) is 13.2 Å².